The Morgan fingerprint density at radius 2 is 1.32 bits per heavy atom. The lowest BCUT2D eigenvalue weighted by atomic mass is 10.2. The molecule has 0 radical (unpaired) electrons. The fourth-order valence-electron chi connectivity index (χ4n) is 2.37. The van der Waals surface area contributed by atoms with E-state index < -0.39 is 0 Å². The first-order chi connectivity index (χ1) is 10.8. The molecule has 0 bridgehead atoms. The van der Waals surface area contributed by atoms with E-state index in [0.717, 1.165) is 9.75 Å². The van der Waals surface area contributed by atoms with E-state index in [-0.39, 0.29) is 25.4 Å². The third kappa shape index (κ3) is 2.23. The summed E-state index contributed by atoms with van der Waals surface area (Å²) in [5, 5.41) is 22.1. The molecule has 0 spiro atoms. The van der Waals surface area contributed by atoms with Gasteiger partial charge in [0.15, 0.2) is 35.2 Å². The first kappa shape index (κ1) is 14.1. The number of ether oxygens (including phenoxy) is 4. The number of hydrogen-bond acceptors (Lipinski definition) is 8. The van der Waals surface area contributed by atoms with Crippen molar-refractivity contribution in [2.24, 2.45) is 0 Å². The first-order valence-corrected chi connectivity index (χ1v) is 8.60. The smallest absolute Gasteiger partial charge is 0.180 e. The van der Waals surface area contributed by atoms with Crippen molar-refractivity contribution in [2.45, 2.75) is 12.2 Å². The SMILES string of the molecule is OCC1COc2c(csc2-c2scc3c2OCC(CO)O3)O1. The zero-order valence-corrected chi connectivity index (χ0v) is 13.1. The number of aliphatic hydroxyl groups is 2. The van der Waals surface area contributed by atoms with Crippen molar-refractivity contribution >= 4 is 22.7 Å². The number of fused-ring (bicyclic) bond motifs is 2. The van der Waals surface area contributed by atoms with Gasteiger partial charge in [0.2, 0.25) is 0 Å². The van der Waals surface area contributed by atoms with Crippen LogP contribution in [0.25, 0.3) is 9.75 Å². The topological polar surface area (TPSA) is 77.4 Å². The van der Waals surface area contributed by atoms with E-state index in [1.165, 1.54) is 22.7 Å². The number of aliphatic hydroxyl groups excluding tert-OH is 2. The van der Waals surface area contributed by atoms with Gasteiger partial charge in [0.25, 0.3) is 0 Å². The first-order valence-electron chi connectivity index (χ1n) is 6.84. The second-order valence-electron chi connectivity index (χ2n) is 4.98. The summed E-state index contributed by atoms with van der Waals surface area (Å²) >= 11 is 3.02. The molecule has 8 heteroatoms. The van der Waals surface area contributed by atoms with Crippen LogP contribution in [0.3, 0.4) is 0 Å². The van der Waals surface area contributed by atoms with Crippen LogP contribution in [0.4, 0.5) is 0 Å². The molecule has 0 aliphatic carbocycles. The molecule has 2 unspecified atom stereocenters. The lowest BCUT2D eigenvalue weighted by molar-refractivity contribution is 0.0459. The van der Waals surface area contributed by atoms with Crippen LogP contribution in [0.15, 0.2) is 10.8 Å². The minimum atomic E-state index is -0.322. The Bertz CT molecular complexity index is 621. The highest BCUT2D eigenvalue weighted by atomic mass is 32.1. The molecule has 0 fully saturated rings. The number of hydrogen-bond donors (Lipinski definition) is 2. The van der Waals surface area contributed by atoms with Crippen LogP contribution in [0.1, 0.15) is 0 Å². The van der Waals surface area contributed by atoms with Crippen LogP contribution in [0, 0.1) is 0 Å². The quantitative estimate of drug-likeness (QED) is 0.885. The van der Waals surface area contributed by atoms with Crippen molar-refractivity contribution in [3.8, 4) is 32.8 Å². The lowest BCUT2D eigenvalue weighted by Gasteiger charge is -2.25. The van der Waals surface area contributed by atoms with Crippen molar-refractivity contribution in [3.05, 3.63) is 10.8 Å². The van der Waals surface area contributed by atoms with E-state index in [0.29, 0.717) is 36.2 Å². The third-order valence-corrected chi connectivity index (χ3v) is 5.50. The molecule has 118 valence electrons. The summed E-state index contributed by atoms with van der Waals surface area (Å²) < 4.78 is 22.8. The Morgan fingerprint density at radius 1 is 0.864 bits per heavy atom. The third-order valence-electron chi connectivity index (χ3n) is 3.46. The molecule has 2 atom stereocenters. The van der Waals surface area contributed by atoms with Gasteiger partial charge in [-0.2, -0.15) is 0 Å². The Kier molecular flexibility index (Phi) is 3.61. The molecule has 4 rings (SSSR count). The molecule has 0 saturated heterocycles. The fraction of sp³-hybridized carbons (Fsp3) is 0.429. The van der Waals surface area contributed by atoms with E-state index in [2.05, 4.69) is 0 Å². The van der Waals surface area contributed by atoms with Crippen LogP contribution in [-0.2, 0) is 0 Å². The van der Waals surface area contributed by atoms with Crippen molar-refractivity contribution < 1.29 is 29.2 Å². The molecule has 22 heavy (non-hydrogen) atoms. The van der Waals surface area contributed by atoms with Crippen LogP contribution in [0.2, 0.25) is 0 Å². The molecule has 2 aromatic rings. The number of rotatable bonds is 3. The van der Waals surface area contributed by atoms with Crippen molar-refractivity contribution in [2.75, 3.05) is 26.4 Å². The van der Waals surface area contributed by atoms with Gasteiger partial charge in [-0.3, -0.25) is 0 Å². The average Bonchev–Trinajstić information content (AvgIpc) is 3.16. The highest BCUT2D eigenvalue weighted by Gasteiger charge is 2.31. The highest BCUT2D eigenvalue weighted by Crippen LogP contribution is 2.54. The van der Waals surface area contributed by atoms with Gasteiger partial charge in [-0.05, 0) is 0 Å². The van der Waals surface area contributed by atoms with Gasteiger partial charge >= 0.3 is 0 Å². The van der Waals surface area contributed by atoms with Gasteiger partial charge in [0.1, 0.15) is 13.2 Å². The van der Waals surface area contributed by atoms with Gasteiger partial charge in [-0.15, -0.1) is 22.7 Å². The molecular formula is C14H14O6S2. The Morgan fingerprint density at radius 3 is 1.73 bits per heavy atom. The Labute approximate surface area is 134 Å². The second kappa shape index (κ2) is 5.62. The molecule has 6 nitrogen and oxygen atoms in total. The van der Waals surface area contributed by atoms with Gasteiger partial charge in [-0.1, -0.05) is 0 Å². The van der Waals surface area contributed by atoms with E-state index in [4.69, 9.17) is 29.2 Å². The lowest BCUT2D eigenvalue weighted by Crippen LogP contribution is -2.32. The molecule has 0 saturated carbocycles. The standard InChI is InChI=1S/C14H14O6S2/c15-1-7-3-17-11-9(19-7)5-21-13(11)14-12-10(6-22-14)20-8(2-16)4-18-12/h5-8,15-16H,1-4H2. The maximum atomic E-state index is 9.16. The molecule has 2 aromatic heterocycles. The van der Waals surface area contributed by atoms with Crippen molar-refractivity contribution in [3.63, 3.8) is 0 Å². The van der Waals surface area contributed by atoms with Crippen LogP contribution in [0.5, 0.6) is 23.0 Å². The van der Waals surface area contributed by atoms with Gasteiger partial charge in [0, 0.05) is 10.8 Å². The summed E-state index contributed by atoms with van der Waals surface area (Å²) in [5.41, 5.74) is 0. The molecule has 2 aliphatic rings. The predicted octanol–water partition coefficient (Wildman–Crippen LogP) is 1.74. The van der Waals surface area contributed by atoms with Gasteiger partial charge in [-0.25, -0.2) is 0 Å². The summed E-state index contributed by atoms with van der Waals surface area (Å²) in [6, 6.07) is 0. The van der Waals surface area contributed by atoms with E-state index in [9.17, 15) is 0 Å². The highest BCUT2D eigenvalue weighted by molar-refractivity contribution is 7.21. The van der Waals surface area contributed by atoms with Gasteiger partial charge < -0.3 is 29.2 Å². The zero-order valence-electron chi connectivity index (χ0n) is 11.5. The molecule has 4 heterocycles. The summed E-state index contributed by atoms with van der Waals surface area (Å²) in [6.45, 7) is 0.506. The maximum absolute atomic E-state index is 9.16. The minimum absolute atomic E-state index is 0.0709. The van der Waals surface area contributed by atoms with E-state index >= 15 is 0 Å². The van der Waals surface area contributed by atoms with Crippen molar-refractivity contribution in [1.29, 1.82) is 0 Å². The maximum Gasteiger partial charge on any atom is 0.180 e. The van der Waals surface area contributed by atoms with Gasteiger partial charge in [0.05, 0.1) is 23.0 Å². The molecule has 2 aliphatic heterocycles. The normalized spacial score (nSPS) is 22.6. The summed E-state index contributed by atoms with van der Waals surface area (Å²) in [4.78, 5) is 1.87. The molecular weight excluding hydrogens is 328 g/mol. The van der Waals surface area contributed by atoms with E-state index in [1.807, 2.05) is 10.8 Å². The molecule has 0 aromatic carbocycles. The summed E-state index contributed by atoms with van der Waals surface area (Å²) in [5.74, 6) is 2.68. The van der Waals surface area contributed by atoms with Crippen molar-refractivity contribution in [1.82, 2.24) is 0 Å². The number of thiophene rings is 2. The summed E-state index contributed by atoms with van der Waals surface area (Å²) in [7, 11) is 0. The predicted molar refractivity (Wildman–Crippen MR) is 81.6 cm³/mol. The Balaban J connectivity index is 1.67. The minimum Gasteiger partial charge on any atom is -0.484 e. The monoisotopic (exact) mass is 342 g/mol. The van der Waals surface area contributed by atoms with Crippen LogP contribution in [-0.4, -0.2) is 48.8 Å². The second-order valence-corrected chi connectivity index (χ2v) is 6.74. The molecule has 0 amide bonds. The average molecular weight is 342 g/mol. The fourth-order valence-corrected chi connectivity index (χ4v) is 4.37. The van der Waals surface area contributed by atoms with Crippen LogP contribution >= 0.6 is 22.7 Å². The summed E-state index contributed by atoms with van der Waals surface area (Å²) in [6.07, 6.45) is -0.644. The largest absolute Gasteiger partial charge is 0.484 e. The van der Waals surface area contributed by atoms with E-state index in [1.54, 1.807) is 0 Å². The Hall–Kier alpha value is -1.48. The molecule has 2 N–H and O–H groups in total. The zero-order chi connectivity index (χ0) is 15.1. The van der Waals surface area contributed by atoms with Crippen LogP contribution < -0.4 is 18.9 Å².